The minimum Gasteiger partial charge on any atom is -0.481 e. The van der Waals surface area contributed by atoms with Gasteiger partial charge in [0.15, 0.2) is 5.82 Å². The molecule has 1 amide bonds. The van der Waals surface area contributed by atoms with E-state index in [4.69, 9.17) is 16.7 Å². The van der Waals surface area contributed by atoms with Crippen molar-refractivity contribution in [2.24, 2.45) is 0 Å². The zero-order valence-electron chi connectivity index (χ0n) is 8.14. The molecule has 1 aromatic heterocycles. The van der Waals surface area contributed by atoms with Crippen molar-refractivity contribution >= 4 is 41.1 Å². The molecular weight excluding hydrogens is 252 g/mol. The van der Waals surface area contributed by atoms with Crippen LogP contribution in [0.2, 0.25) is 5.02 Å². The van der Waals surface area contributed by atoms with Gasteiger partial charge in [-0.1, -0.05) is 11.6 Å². The zero-order chi connectivity index (χ0) is 12.0. The van der Waals surface area contributed by atoms with Gasteiger partial charge in [-0.25, -0.2) is 4.98 Å². The fraction of sp³-hybridized carbons (Fsp3) is 0.222. The van der Waals surface area contributed by atoms with E-state index in [9.17, 15) is 9.59 Å². The molecular formula is C9H9ClN2O3S. The molecule has 0 radical (unpaired) electrons. The van der Waals surface area contributed by atoms with Crippen LogP contribution in [0.5, 0.6) is 0 Å². The first-order valence-corrected chi connectivity index (χ1v) is 5.83. The highest BCUT2D eigenvalue weighted by atomic mass is 35.5. The second kappa shape index (κ2) is 6.34. The Bertz CT molecular complexity index is 400. The number of anilines is 1. The summed E-state index contributed by atoms with van der Waals surface area (Å²) in [5.74, 6) is -1.05. The average molecular weight is 261 g/mol. The van der Waals surface area contributed by atoms with E-state index in [0.717, 1.165) is 11.8 Å². The first-order valence-electron chi connectivity index (χ1n) is 4.29. The second-order valence-electron chi connectivity index (χ2n) is 2.77. The summed E-state index contributed by atoms with van der Waals surface area (Å²) >= 11 is 6.79. The molecule has 7 heteroatoms. The van der Waals surface area contributed by atoms with Crippen molar-refractivity contribution in [3.8, 4) is 0 Å². The zero-order valence-corrected chi connectivity index (χ0v) is 9.72. The largest absolute Gasteiger partial charge is 0.481 e. The van der Waals surface area contributed by atoms with Gasteiger partial charge in [-0.3, -0.25) is 9.59 Å². The summed E-state index contributed by atoms with van der Waals surface area (Å²) in [7, 11) is 0. The molecule has 0 aliphatic heterocycles. The Balaban J connectivity index is 2.40. The third-order valence-electron chi connectivity index (χ3n) is 1.47. The molecule has 1 rings (SSSR count). The van der Waals surface area contributed by atoms with Crippen LogP contribution in [0.1, 0.15) is 0 Å². The van der Waals surface area contributed by atoms with Crippen LogP contribution in [0.15, 0.2) is 18.3 Å². The Labute approximate surface area is 101 Å². The molecule has 0 atom stereocenters. The first kappa shape index (κ1) is 12.8. The smallest absolute Gasteiger partial charge is 0.313 e. The molecule has 16 heavy (non-hydrogen) atoms. The van der Waals surface area contributed by atoms with Gasteiger partial charge in [0.1, 0.15) is 0 Å². The molecule has 0 saturated heterocycles. The molecule has 0 aromatic carbocycles. The number of aliphatic carboxylic acids is 1. The maximum Gasteiger partial charge on any atom is 0.313 e. The van der Waals surface area contributed by atoms with Gasteiger partial charge in [0.2, 0.25) is 5.91 Å². The Morgan fingerprint density at radius 2 is 2.25 bits per heavy atom. The Kier molecular flexibility index (Phi) is 5.07. The predicted molar refractivity (Wildman–Crippen MR) is 62.8 cm³/mol. The van der Waals surface area contributed by atoms with Crippen LogP contribution in [0.3, 0.4) is 0 Å². The molecule has 1 aromatic rings. The fourth-order valence-corrected chi connectivity index (χ4v) is 1.58. The highest BCUT2D eigenvalue weighted by Gasteiger charge is 2.07. The van der Waals surface area contributed by atoms with Crippen molar-refractivity contribution < 1.29 is 14.7 Å². The van der Waals surface area contributed by atoms with E-state index in [0.29, 0.717) is 5.02 Å². The van der Waals surface area contributed by atoms with Crippen LogP contribution < -0.4 is 5.32 Å². The van der Waals surface area contributed by atoms with E-state index < -0.39 is 5.97 Å². The fourth-order valence-electron chi connectivity index (χ4n) is 0.877. The normalized spacial score (nSPS) is 9.81. The van der Waals surface area contributed by atoms with E-state index in [1.165, 1.54) is 6.20 Å². The van der Waals surface area contributed by atoms with Gasteiger partial charge in [0.05, 0.1) is 16.5 Å². The lowest BCUT2D eigenvalue weighted by molar-refractivity contribution is -0.133. The molecule has 86 valence electrons. The molecule has 5 nitrogen and oxygen atoms in total. The number of amides is 1. The van der Waals surface area contributed by atoms with Crippen LogP contribution in [-0.4, -0.2) is 33.5 Å². The predicted octanol–water partition coefficient (Wildman–Crippen LogP) is 1.49. The van der Waals surface area contributed by atoms with E-state index in [-0.39, 0.29) is 23.2 Å². The lowest BCUT2D eigenvalue weighted by atomic mass is 10.4. The van der Waals surface area contributed by atoms with Gasteiger partial charge in [0.25, 0.3) is 0 Å². The summed E-state index contributed by atoms with van der Waals surface area (Å²) in [5.41, 5.74) is 0. The number of halogens is 1. The number of nitrogens with zero attached hydrogens (tertiary/aromatic N) is 1. The maximum atomic E-state index is 11.3. The Morgan fingerprint density at radius 3 is 2.88 bits per heavy atom. The average Bonchev–Trinajstić information content (AvgIpc) is 2.21. The number of carbonyl (C=O) groups is 2. The molecule has 0 fully saturated rings. The highest BCUT2D eigenvalue weighted by molar-refractivity contribution is 8.00. The standard InChI is InChI=1S/C9H9ClN2O3S/c10-6-2-1-3-11-9(6)12-7(13)4-16-5-8(14)15/h1-3H,4-5H2,(H,14,15)(H,11,12,13). The summed E-state index contributed by atoms with van der Waals surface area (Å²) in [6.07, 6.45) is 1.51. The van der Waals surface area contributed by atoms with E-state index in [1.807, 2.05) is 0 Å². The Morgan fingerprint density at radius 1 is 1.50 bits per heavy atom. The number of carboxylic acid groups (broad SMARTS) is 1. The second-order valence-corrected chi connectivity index (χ2v) is 4.16. The SMILES string of the molecule is O=C(O)CSCC(=O)Nc1ncccc1Cl. The van der Waals surface area contributed by atoms with Crippen molar-refractivity contribution in [2.45, 2.75) is 0 Å². The molecule has 0 spiro atoms. The summed E-state index contributed by atoms with van der Waals surface area (Å²) in [5, 5.41) is 11.2. The molecule has 0 unspecified atom stereocenters. The first-order chi connectivity index (χ1) is 7.59. The third kappa shape index (κ3) is 4.50. The van der Waals surface area contributed by atoms with Gasteiger partial charge in [-0.05, 0) is 12.1 Å². The Hall–Kier alpha value is -1.27. The molecule has 0 saturated carbocycles. The van der Waals surface area contributed by atoms with Crippen LogP contribution >= 0.6 is 23.4 Å². The lowest BCUT2D eigenvalue weighted by Gasteiger charge is -2.04. The number of nitrogens with one attached hydrogen (secondary N) is 1. The number of thioether (sulfide) groups is 1. The summed E-state index contributed by atoms with van der Waals surface area (Å²) < 4.78 is 0. The van der Waals surface area contributed by atoms with Crippen molar-refractivity contribution in [1.29, 1.82) is 0 Å². The molecule has 0 aliphatic carbocycles. The third-order valence-corrected chi connectivity index (χ3v) is 2.70. The van der Waals surface area contributed by atoms with Crippen molar-refractivity contribution in [3.05, 3.63) is 23.4 Å². The number of pyridine rings is 1. The highest BCUT2D eigenvalue weighted by Crippen LogP contribution is 2.17. The number of carbonyl (C=O) groups excluding carboxylic acids is 1. The van der Waals surface area contributed by atoms with Crippen molar-refractivity contribution in [1.82, 2.24) is 4.98 Å². The van der Waals surface area contributed by atoms with E-state index in [1.54, 1.807) is 12.1 Å². The topological polar surface area (TPSA) is 79.3 Å². The number of hydrogen-bond acceptors (Lipinski definition) is 4. The monoisotopic (exact) mass is 260 g/mol. The van der Waals surface area contributed by atoms with Gasteiger partial charge in [0, 0.05) is 6.20 Å². The van der Waals surface area contributed by atoms with E-state index in [2.05, 4.69) is 10.3 Å². The number of aromatic nitrogens is 1. The van der Waals surface area contributed by atoms with Gasteiger partial charge in [-0.2, -0.15) is 0 Å². The minimum absolute atomic E-state index is 0.0548. The van der Waals surface area contributed by atoms with Crippen molar-refractivity contribution in [3.63, 3.8) is 0 Å². The summed E-state index contributed by atoms with van der Waals surface area (Å²) in [6.45, 7) is 0. The molecule has 2 N–H and O–H groups in total. The van der Waals surface area contributed by atoms with E-state index >= 15 is 0 Å². The number of carboxylic acids is 1. The van der Waals surface area contributed by atoms with Crippen molar-refractivity contribution in [2.75, 3.05) is 16.8 Å². The van der Waals surface area contributed by atoms with Crippen LogP contribution in [0.25, 0.3) is 0 Å². The van der Waals surface area contributed by atoms with Gasteiger partial charge < -0.3 is 10.4 Å². The lowest BCUT2D eigenvalue weighted by Crippen LogP contribution is -2.16. The molecule has 1 heterocycles. The van der Waals surface area contributed by atoms with Crippen LogP contribution in [0.4, 0.5) is 5.82 Å². The summed E-state index contributed by atoms with van der Waals surface area (Å²) in [6, 6.07) is 3.26. The van der Waals surface area contributed by atoms with Gasteiger partial charge in [-0.15, -0.1) is 11.8 Å². The number of hydrogen-bond donors (Lipinski definition) is 2. The number of rotatable bonds is 5. The quantitative estimate of drug-likeness (QED) is 0.839. The van der Waals surface area contributed by atoms with Gasteiger partial charge >= 0.3 is 5.97 Å². The molecule has 0 aliphatic rings. The van der Waals surface area contributed by atoms with Crippen LogP contribution in [-0.2, 0) is 9.59 Å². The minimum atomic E-state index is -0.950. The molecule has 0 bridgehead atoms. The summed E-state index contributed by atoms with van der Waals surface area (Å²) in [4.78, 5) is 25.4. The maximum absolute atomic E-state index is 11.3. The van der Waals surface area contributed by atoms with Crippen LogP contribution in [0, 0.1) is 0 Å².